The van der Waals surface area contributed by atoms with Gasteiger partial charge in [-0.15, -0.1) is 0 Å². The van der Waals surface area contributed by atoms with E-state index in [4.69, 9.17) is 16.0 Å². The molecule has 0 amide bonds. The Morgan fingerprint density at radius 2 is 1.83 bits per heavy atom. The summed E-state index contributed by atoms with van der Waals surface area (Å²) in [5.74, 6) is -0.243. The third-order valence-corrected chi connectivity index (χ3v) is 13.4. The topological polar surface area (TPSA) is 93.7 Å². The van der Waals surface area contributed by atoms with Gasteiger partial charge in [-0.05, 0) is 68.4 Å². The molecule has 0 aliphatic heterocycles. The van der Waals surface area contributed by atoms with E-state index in [0.717, 1.165) is 18.9 Å². The minimum atomic E-state index is -4.58. The quantitative estimate of drug-likeness (QED) is 0.198. The van der Waals surface area contributed by atoms with Gasteiger partial charge in [0.1, 0.15) is 0 Å². The van der Waals surface area contributed by atoms with Gasteiger partial charge in [0.2, 0.25) is 0 Å². The van der Waals surface area contributed by atoms with E-state index in [2.05, 4.69) is 55.0 Å². The molecule has 1 fully saturated rings. The Labute approximate surface area is 250 Å². The number of hydrogen-bond acceptors (Lipinski definition) is 6. The summed E-state index contributed by atoms with van der Waals surface area (Å²) >= 11 is 6.07. The van der Waals surface area contributed by atoms with E-state index >= 15 is 0 Å². The molecule has 12 heteroatoms. The molecule has 0 aromatic carbocycles. The molecule has 0 bridgehead atoms. The number of hydrogen-bond donors (Lipinski definition) is 0. The molecule has 1 saturated carbocycles. The normalized spacial score (nSPS) is 19.9. The first-order valence-electron chi connectivity index (χ1n) is 13.8. The average Bonchev–Trinajstić information content (AvgIpc) is 3.29. The predicted molar refractivity (Wildman–Crippen MR) is 156 cm³/mol. The van der Waals surface area contributed by atoms with Crippen molar-refractivity contribution in [1.82, 2.24) is 19.7 Å². The minimum Gasteiger partial charge on any atom is -0.414 e. The number of pyridine rings is 2. The molecule has 0 N–H and O–H groups in total. The Kier molecular flexibility index (Phi) is 8.76. The molecule has 0 spiro atoms. The van der Waals surface area contributed by atoms with Crippen LogP contribution in [-0.4, -0.2) is 40.0 Å². The standard InChI is InChI=1S/C30H35ClF3N5O2Si/c1-19-23(17-38-39(19)27-24(31)14-21(16-37-27)30(32,33)34)25(40)13-20-7-8-26(36-15-20)29(18-35)11-9-22(10-12-29)41-42(5,6)28(2,3)4/h7-8,14-17,22H,9-13H2,1-6H3. The van der Waals surface area contributed by atoms with E-state index in [0.29, 0.717) is 41.6 Å². The lowest BCUT2D eigenvalue weighted by Crippen LogP contribution is -2.46. The molecule has 0 saturated heterocycles. The van der Waals surface area contributed by atoms with Crippen LogP contribution in [0.1, 0.15) is 79.3 Å². The predicted octanol–water partition coefficient (Wildman–Crippen LogP) is 7.79. The van der Waals surface area contributed by atoms with Crippen LogP contribution >= 0.6 is 11.6 Å². The van der Waals surface area contributed by atoms with Gasteiger partial charge < -0.3 is 4.43 Å². The van der Waals surface area contributed by atoms with Gasteiger partial charge >= 0.3 is 6.18 Å². The fourth-order valence-electron chi connectivity index (χ4n) is 4.95. The lowest BCUT2D eigenvalue weighted by atomic mass is 9.72. The van der Waals surface area contributed by atoms with Gasteiger partial charge in [0.25, 0.3) is 0 Å². The number of halogens is 4. The van der Waals surface area contributed by atoms with Crippen molar-refractivity contribution in [2.75, 3.05) is 0 Å². The van der Waals surface area contributed by atoms with E-state index in [1.165, 1.54) is 10.9 Å². The number of aromatic nitrogens is 4. The van der Waals surface area contributed by atoms with Crippen LogP contribution in [0.15, 0.2) is 36.8 Å². The molecular formula is C30H35ClF3N5O2Si. The van der Waals surface area contributed by atoms with Crippen molar-refractivity contribution in [3.63, 3.8) is 0 Å². The summed E-state index contributed by atoms with van der Waals surface area (Å²) in [6.07, 6.45) is 2.16. The molecular weight excluding hydrogens is 583 g/mol. The Morgan fingerprint density at radius 1 is 1.17 bits per heavy atom. The second-order valence-corrected chi connectivity index (χ2v) is 17.7. The first-order valence-corrected chi connectivity index (χ1v) is 17.1. The number of alkyl halides is 3. The smallest absolute Gasteiger partial charge is 0.414 e. The monoisotopic (exact) mass is 617 g/mol. The third-order valence-electron chi connectivity index (χ3n) is 8.61. The van der Waals surface area contributed by atoms with E-state index in [-0.39, 0.29) is 34.2 Å². The number of Topliss-reactive ketones (excluding diaryl/α,β-unsaturated/α-hetero) is 1. The Balaban J connectivity index is 1.44. The summed E-state index contributed by atoms with van der Waals surface area (Å²) < 4.78 is 46.8. The lowest BCUT2D eigenvalue weighted by Gasteiger charge is -2.42. The van der Waals surface area contributed by atoms with Gasteiger partial charge in [0.15, 0.2) is 19.9 Å². The fraction of sp³-hybridized carbons (Fsp3) is 0.500. The van der Waals surface area contributed by atoms with Crippen molar-refractivity contribution in [3.8, 4) is 11.9 Å². The zero-order chi connectivity index (χ0) is 31.1. The first-order chi connectivity index (χ1) is 19.5. The highest BCUT2D eigenvalue weighted by Crippen LogP contribution is 2.43. The summed E-state index contributed by atoms with van der Waals surface area (Å²) in [4.78, 5) is 21.6. The molecule has 3 heterocycles. The highest BCUT2D eigenvalue weighted by atomic mass is 35.5. The van der Waals surface area contributed by atoms with Crippen molar-refractivity contribution in [3.05, 3.63) is 69.9 Å². The van der Waals surface area contributed by atoms with Crippen LogP contribution in [0.4, 0.5) is 13.2 Å². The van der Waals surface area contributed by atoms with E-state index < -0.39 is 25.5 Å². The molecule has 224 valence electrons. The van der Waals surface area contributed by atoms with Crippen LogP contribution in [0.25, 0.3) is 5.82 Å². The van der Waals surface area contributed by atoms with Gasteiger partial charge in [0, 0.05) is 24.9 Å². The Morgan fingerprint density at radius 3 is 2.36 bits per heavy atom. The maximum absolute atomic E-state index is 13.1. The molecule has 4 rings (SSSR count). The Bertz CT molecular complexity index is 1500. The molecule has 1 aliphatic carbocycles. The van der Waals surface area contributed by atoms with Crippen LogP contribution in [0.2, 0.25) is 23.2 Å². The number of carbonyl (C=O) groups excluding carboxylic acids is 1. The summed E-state index contributed by atoms with van der Waals surface area (Å²) in [5, 5.41) is 14.2. The van der Waals surface area contributed by atoms with Gasteiger partial charge in [0.05, 0.1) is 45.2 Å². The van der Waals surface area contributed by atoms with Crippen molar-refractivity contribution < 1.29 is 22.4 Å². The van der Waals surface area contributed by atoms with E-state index in [1.807, 2.05) is 12.1 Å². The third kappa shape index (κ3) is 6.46. The second-order valence-electron chi connectivity index (χ2n) is 12.5. The minimum absolute atomic E-state index is 0.00141. The zero-order valence-electron chi connectivity index (χ0n) is 24.6. The van der Waals surface area contributed by atoms with Crippen molar-refractivity contribution in [2.24, 2.45) is 0 Å². The second kappa shape index (κ2) is 11.5. The van der Waals surface area contributed by atoms with Crippen LogP contribution in [0.5, 0.6) is 0 Å². The van der Waals surface area contributed by atoms with Crippen LogP contribution in [-0.2, 0) is 22.4 Å². The SMILES string of the molecule is Cc1c(C(=O)Cc2ccc(C3(C#N)CCC(O[Si](C)(C)C(C)(C)C)CC3)nc2)cnn1-c1ncc(C(F)(F)F)cc1Cl. The zero-order valence-corrected chi connectivity index (χ0v) is 26.4. The van der Waals surface area contributed by atoms with Gasteiger partial charge in [-0.2, -0.15) is 23.5 Å². The molecule has 1 aliphatic rings. The summed E-state index contributed by atoms with van der Waals surface area (Å²) in [5.41, 5.74) is 0.397. The molecule has 7 nitrogen and oxygen atoms in total. The summed E-state index contributed by atoms with van der Waals surface area (Å²) in [6.45, 7) is 12.8. The Hall–Kier alpha value is -3.07. The number of nitriles is 1. The number of nitrogens with zero attached hydrogens (tertiary/aromatic N) is 5. The highest BCUT2D eigenvalue weighted by molar-refractivity contribution is 6.74. The largest absolute Gasteiger partial charge is 0.417 e. The average molecular weight is 618 g/mol. The van der Waals surface area contributed by atoms with E-state index in [9.17, 15) is 23.2 Å². The first kappa shape index (κ1) is 31.9. The maximum atomic E-state index is 13.1. The molecule has 0 unspecified atom stereocenters. The van der Waals surface area contributed by atoms with Crippen LogP contribution in [0, 0.1) is 18.3 Å². The number of carbonyl (C=O) groups is 1. The lowest BCUT2D eigenvalue weighted by molar-refractivity contribution is -0.137. The maximum Gasteiger partial charge on any atom is 0.417 e. The molecule has 0 radical (unpaired) electrons. The van der Waals surface area contributed by atoms with Crippen LogP contribution in [0.3, 0.4) is 0 Å². The number of rotatable bonds is 7. The van der Waals surface area contributed by atoms with Gasteiger partial charge in [-0.3, -0.25) is 9.78 Å². The van der Waals surface area contributed by atoms with Crippen molar-refractivity contribution in [2.45, 2.75) is 95.6 Å². The van der Waals surface area contributed by atoms with Crippen LogP contribution < -0.4 is 0 Å². The van der Waals surface area contributed by atoms with Crippen molar-refractivity contribution >= 4 is 25.7 Å². The highest BCUT2D eigenvalue weighted by Gasteiger charge is 2.43. The summed E-state index contributed by atoms with van der Waals surface area (Å²) in [7, 11) is -1.90. The fourth-order valence-corrected chi connectivity index (χ4v) is 6.62. The van der Waals surface area contributed by atoms with Gasteiger partial charge in [-0.25, -0.2) is 9.67 Å². The van der Waals surface area contributed by atoms with Gasteiger partial charge in [-0.1, -0.05) is 38.4 Å². The molecule has 3 aromatic heterocycles. The molecule has 0 atom stereocenters. The number of ketones is 1. The van der Waals surface area contributed by atoms with Crippen molar-refractivity contribution in [1.29, 1.82) is 5.26 Å². The summed E-state index contributed by atoms with van der Waals surface area (Å²) in [6, 6.07) is 6.92. The molecule has 42 heavy (non-hydrogen) atoms. The van der Waals surface area contributed by atoms with E-state index in [1.54, 1.807) is 13.1 Å². The molecule has 3 aromatic rings.